The number of rotatable bonds is 2. The summed E-state index contributed by atoms with van der Waals surface area (Å²) in [5, 5.41) is 2.77. The van der Waals surface area contributed by atoms with Gasteiger partial charge in [0.25, 0.3) is 0 Å². The minimum Gasteiger partial charge on any atom is -0.340 e. The number of alkyl halides is 3. The zero-order valence-corrected chi connectivity index (χ0v) is 12.3. The van der Waals surface area contributed by atoms with E-state index in [0.29, 0.717) is 12.8 Å². The molecular weight excluding hydrogens is 285 g/mol. The highest BCUT2D eigenvalue weighted by atomic mass is 19.4. The highest BCUT2D eigenvalue weighted by Crippen LogP contribution is 2.35. The number of hydrogen-bond donors (Lipinski definition) is 1. The van der Waals surface area contributed by atoms with E-state index in [1.165, 1.54) is 13.8 Å². The maximum atomic E-state index is 12.7. The molecule has 1 N–H and O–H groups in total. The fourth-order valence-corrected chi connectivity index (χ4v) is 3.45. The second-order valence-corrected chi connectivity index (χ2v) is 6.19. The zero-order valence-electron chi connectivity index (χ0n) is 12.3. The summed E-state index contributed by atoms with van der Waals surface area (Å²) in [5.41, 5.74) is -0.984. The Balaban J connectivity index is 2.25. The van der Waals surface area contributed by atoms with Crippen molar-refractivity contribution in [3.05, 3.63) is 0 Å². The van der Waals surface area contributed by atoms with Crippen LogP contribution in [-0.4, -0.2) is 40.5 Å². The molecule has 2 rings (SSSR count). The Bertz CT molecular complexity index is 430. The Morgan fingerprint density at radius 2 is 1.86 bits per heavy atom. The van der Waals surface area contributed by atoms with Gasteiger partial charge >= 0.3 is 6.18 Å². The van der Waals surface area contributed by atoms with Crippen LogP contribution in [-0.2, 0) is 9.59 Å². The van der Waals surface area contributed by atoms with Crippen molar-refractivity contribution in [2.75, 3.05) is 0 Å². The molecule has 0 aromatic heterocycles. The van der Waals surface area contributed by atoms with Gasteiger partial charge in [-0.3, -0.25) is 9.59 Å². The van der Waals surface area contributed by atoms with Crippen molar-refractivity contribution in [3.8, 4) is 0 Å². The van der Waals surface area contributed by atoms with Crippen molar-refractivity contribution in [3.63, 3.8) is 0 Å². The van der Waals surface area contributed by atoms with E-state index in [2.05, 4.69) is 5.32 Å². The second kappa shape index (κ2) is 5.50. The summed E-state index contributed by atoms with van der Waals surface area (Å²) < 4.78 is 37.8. The van der Waals surface area contributed by atoms with E-state index < -0.39 is 30.2 Å². The third-order valence-corrected chi connectivity index (χ3v) is 4.51. The summed E-state index contributed by atoms with van der Waals surface area (Å²) in [4.78, 5) is 26.0. The summed E-state index contributed by atoms with van der Waals surface area (Å²) in [7, 11) is 0. The standard InChI is InChI=1S/C14H21F3N2O2/c1-9(8-14(15,16)17)19-10(2)11(20)18-13(12(19)21)6-4-3-5-7-13/h9-10H,3-8H2,1-2H3,(H,18,20). The van der Waals surface area contributed by atoms with Crippen LogP contribution in [0.15, 0.2) is 0 Å². The number of nitrogens with one attached hydrogen (secondary N) is 1. The van der Waals surface area contributed by atoms with Crippen LogP contribution in [0.2, 0.25) is 0 Å². The minimum absolute atomic E-state index is 0.356. The predicted molar refractivity (Wildman–Crippen MR) is 70.4 cm³/mol. The van der Waals surface area contributed by atoms with E-state index in [1.54, 1.807) is 0 Å². The van der Waals surface area contributed by atoms with Gasteiger partial charge in [0.2, 0.25) is 11.8 Å². The first-order valence-electron chi connectivity index (χ1n) is 7.38. The Morgan fingerprint density at radius 1 is 1.29 bits per heavy atom. The average molecular weight is 306 g/mol. The third kappa shape index (κ3) is 3.16. The van der Waals surface area contributed by atoms with Crippen molar-refractivity contribution in [1.82, 2.24) is 10.2 Å². The van der Waals surface area contributed by atoms with Gasteiger partial charge in [-0.1, -0.05) is 19.3 Å². The molecule has 2 atom stereocenters. The van der Waals surface area contributed by atoms with Crippen LogP contribution in [0.1, 0.15) is 52.4 Å². The largest absolute Gasteiger partial charge is 0.391 e. The van der Waals surface area contributed by atoms with E-state index in [-0.39, 0.29) is 11.8 Å². The summed E-state index contributed by atoms with van der Waals surface area (Å²) in [6.45, 7) is 2.84. The monoisotopic (exact) mass is 306 g/mol. The SMILES string of the molecule is CC(CC(F)(F)F)N1C(=O)C2(CCCCC2)NC(=O)C1C. The molecule has 1 saturated heterocycles. The molecule has 4 nitrogen and oxygen atoms in total. The molecule has 2 fully saturated rings. The molecule has 1 aliphatic carbocycles. The van der Waals surface area contributed by atoms with Crippen LogP contribution >= 0.6 is 0 Å². The molecule has 0 aromatic carbocycles. The molecule has 1 saturated carbocycles. The van der Waals surface area contributed by atoms with Crippen LogP contribution in [0.4, 0.5) is 13.2 Å². The molecule has 2 aliphatic rings. The number of carbonyl (C=O) groups is 2. The lowest BCUT2D eigenvalue weighted by Crippen LogP contribution is -2.71. The maximum absolute atomic E-state index is 12.7. The number of piperazine rings is 1. The number of carbonyl (C=O) groups excluding carboxylic acids is 2. The van der Waals surface area contributed by atoms with Crippen LogP contribution < -0.4 is 5.32 Å². The predicted octanol–water partition coefficient (Wildman–Crippen LogP) is 2.38. The summed E-state index contributed by atoms with van der Waals surface area (Å²) in [6, 6.07) is -1.89. The van der Waals surface area contributed by atoms with Crippen molar-refractivity contribution < 1.29 is 22.8 Å². The Hall–Kier alpha value is -1.27. The van der Waals surface area contributed by atoms with E-state index in [4.69, 9.17) is 0 Å². The van der Waals surface area contributed by atoms with Gasteiger partial charge in [-0.2, -0.15) is 13.2 Å². The van der Waals surface area contributed by atoms with Crippen molar-refractivity contribution in [2.45, 2.75) is 76.2 Å². The van der Waals surface area contributed by atoms with Crippen molar-refractivity contribution >= 4 is 11.8 Å². The average Bonchev–Trinajstić information content (AvgIpc) is 2.36. The Kier molecular flexibility index (Phi) is 4.22. The van der Waals surface area contributed by atoms with Gasteiger partial charge in [0.15, 0.2) is 0 Å². The van der Waals surface area contributed by atoms with Crippen LogP contribution in [0.25, 0.3) is 0 Å². The first-order chi connectivity index (χ1) is 9.66. The van der Waals surface area contributed by atoms with Gasteiger partial charge in [-0.15, -0.1) is 0 Å². The van der Waals surface area contributed by atoms with E-state index in [9.17, 15) is 22.8 Å². The quantitative estimate of drug-likeness (QED) is 0.851. The fraction of sp³-hybridized carbons (Fsp3) is 0.857. The van der Waals surface area contributed by atoms with Gasteiger partial charge in [0.1, 0.15) is 11.6 Å². The number of amides is 2. The number of hydrogen-bond acceptors (Lipinski definition) is 2. The summed E-state index contributed by atoms with van der Waals surface area (Å²) >= 11 is 0. The van der Waals surface area contributed by atoms with Gasteiger partial charge in [-0.05, 0) is 26.7 Å². The van der Waals surface area contributed by atoms with E-state index in [1.807, 2.05) is 0 Å². The topological polar surface area (TPSA) is 49.4 Å². The van der Waals surface area contributed by atoms with Crippen LogP contribution in [0, 0.1) is 0 Å². The Labute approximate surface area is 122 Å². The van der Waals surface area contributed by atoms with Gasteiger partial charge in [0, 0.05) is 6.04 Å². The smallest absolute Gasteiger partial charge is 0.340 e. The third-order valence-electron chi connectivity index (χ3n) is 4.51. The maximum Gasteiger partial charge on any atom is 0.391 e. The molecule has 1 heterocycles. The number of halogens is 3. The lowest BCUT2D eigenvalue weighted by molar-refractivity contribution is -0.169. The molecule has 120 valence electrons. The minimum atomic E-state index is -4.35. The molecule has 1 aliphatic heterocycles. The molecule has 7 heteroatoms. The summed E-state index contributed by atoms with van der Waals surface area (Å²) in [6.07, 6.45) is -1.82. The first kappa shape index (κ1) is 16.1. The highest BCUT2D eigenvalue weighted by Gasteiger charge is 2.51. The highest BCUT2D eigenvalue weighted by molar-refractivity contribution is 5.99. The molecule has 2 amide bonds. The molecule has 0 bridgehead atoms. The molecule has 2 unspecified atom stereocenters. The summed E-state index contributed by atoms with van der Waals surface area (Å²) in [5.74, 6) is -0.712. The van der Waals surface area contributed by atoms with Gasteiger partial charge in [-0.25, -0.2) is 0 Å². The Morgan fingerprint density at radius 3 is 2.38 bits per heavy atom. The molecule has 21 heavy (non-hydrogen) atoms. The zero-order chi connectivity index (χ0) is 15.8. The lowest BCUT2D eigenvalue weighted by atomic mass is 9.78. The number of nitrogens with zero attached hydrogens (tertiary/aromatic N) is 1. The molecule has 0 radical (unpaired) electrons. The normalized spacial score (nSPS) is 27.7. The fourth-order valence-electron chi connectivity index (χ4n) is 3.45. The van der Waals surface area contributed by atoms with E-state index >= 15 is 0 Å². The first-order valence-corrected chi connectivity index (χ1v) is 7.38. The molecule has 0 aromatic rings. The van der Waals surface area contributed by atoms with Crippen molar-refractivity contribution in [2.24, 2.45) is 0 Å². The van der Waals surface area contributed by atoms with Crippen molar-refractivity contribution in [1.29, 1.82) is 0 Å². The second-order valence-electron chi connectivity index (χ2n) is 6.19. The van der Waals surface area contributed by atoms with Gasteiger partial charge < -0.3 is 10.2 Å². The van der Waals surface area contributed by atoms with Crippen LogP contribution in [0.3, 0.4) is 0 Å². The van der Waals surface area contributed by atoms with Gasteiger partial charge in [0.05, 0.1) is 6.42 Å². The molecular formula is C14H21F3N2O2. The van der Waals surface area contributed by atoms with E-state index in [0.717, 1.165) is 24.2 Å². The van der Waals surface area contributed by atoms with Crippen LogP contribution in [0.5, 0.6) is 0 Å². The molecule has 1 spiro atoms. The lowest BCUT2D eigenvalue weighted by Gasteiger charge is -2.49.